The molecular weight excluding hydrogens is 358 g/mol. The number of ether oxygens (including phenoxy) is 2. The van der Waals surface area contributed by atoms with Crippen LogP contribution in [0.25, 0.3) is 0 Å². The van der Waals surface area contributed by atoms with Crippen molar-refractivity contribution in [1.29, 1.82) is 0 Å². The molecule has 28 heavy (non-hydrogen) atoms. The summed E-state index contributed by atoms with van der Waals surface area (Å²) in [5.41, 5.74) is 1.62. The van der Waals surface area contributed by atoms with Gasteiger partial charge in [0.15, 0.2) is 11.5 Å². The zero-order valence-corrected chi connectivity index (χ0v) is 15.8. The van der Waals surface area contributed by atoms with E-state index >= 15 is 0 Å². The molecule has 146 valence electrons. The van der Waals surface area contributed by atoms with Crippen LogP contribution in [0.3, 0.4) is 0 Å². The first-order valence-electron chi connectivity index (χ1n) is 9.62. The van der Waals surface area contributed by atoms with Crippen LogP contribution in [0.2, 0.25) is 0 Å². The Labute approximate surface area is 163 Å². The lowest BCUT2D eigenvalue weighted by atomic mass is 9.77. The third-order valence-corrected chi connectivity index (χ3v) is 5.83. The van der Waals surface area contributed by atoms with Gasteiger partial charge in [-0.2, -0.15) is 0 Å². The van der Waals surface area contributed by atoms with Crippen LogP contribution >= 0.6 is 0 Å². The molecule has 1 aromatic carbocycles. The van der Waals surface area contributed by atoms with Crippen molar-refractivity contribution in [2.45, 2.75) is 37.8 Å². The van der Waals surface area contributed by atoms with Crippen LogP contribution in [0.4, 0.5) is 0 Å². The van der Waals surface area contributed by atoms with Crippen molar-refractivity contribution in [2.75, 3.05) is 13.7 Å². The number of hydrogen-bond acceptors (Lipinski definition) is 5. The van der Waals surface area contributed by atoms with E-state index in [4.69, 9.17) is 9.47 Å². The zero-order chi connectivity index (χ0) is 19.8. The fourth-order valence-electron chi connectivity index (χ4n) is 4.49. The number of carbonyl (C=O) groups is 3. The van der Waals surface area contributed by atoms with Gasteiger partial charge in [0, 0.05) is 6.54 Å². The summed E-state index contributed by atoms with van der Waals surface area (Å²) in [4.78, 5) is 39.7. The van der Waals surface area contributed by atoms with E-state index < -0.39 is 12.0 Å². The molecule has 0 saturated heterocycles. The Kier molecular flexibility index (Phi) is 4.79. The summed E-state index contributed by atoms with van der Waals surface area (Å²) in [6.45, 7) is 4.05. The van der Waals surface area contributed by atoms with Crippen molar-refractivity contribution in [2.24, 2.45) is 5.92 Å². The number of Topliss-reactive ketones (excluding diaryl/α,β-unsaturated/α-hetero) is 1. The maximum absolute atomic E-state index is 13.3. The van der Waals surface area contributed by atoms with E-state index in [0.717, 1.165) is 31.2 Å². The predicted octanol–water partition coefficient (Wildman–Crippen LogP) is 2.95. The topological polar surface area (TPSA) is 72.9 Å². The molecule has 0 aromatic heterocycles. The Morgan fingerprint density at radius 1 is 1.25 bits per heavy atom. The van der Waals surface area contributed by atoms with E-state index in [0.29, 0.717) is 17.7 Å². The minimum Gasteiger partial charge on any atom is -0.483 e. The van der Waals surface area contributed by atoms with Gasteiger partial charge < -0.3 is 14.4 Å². The highest BCUT2D eigenvalue weighted by Crippen LogP contribution is 2.46. The molecule has 3 unspecified atom stereocenters. The second-order valence-corrected chi connectivity index (χ2v) is 7.42. The molecule has 1 aliphatic carbocycles. The van der Waals surface area contributed by atoms with Gasteiger partial charge in [-0.3, -0.25) is 9.59 Å². The molecular formula is C22H23NO5. The van der Waals surface area contributed by atoms with E-state index in [-0.39, 0.29) is 29.5 Å². The number of ketones is 1. The van der Waals surface area contributed by atoms with Gasteiger partial charge in [0.1, 0.15) is 6.10 Å². The van der Waals surface area contributed by atoms with Crippen molar-refractivity contribution in [1.82, 2.24) is 4.90 Å². The molecule has 1 aromatic rings. The third-order valence-electron chi connectivity index (χ3n) is 5.83. The number of fused-ring (bicyclic) bond motifs is 1. The number of methoxy groups -OCH3 is 1. The predicted molar refractivity (Wildman–Crippen MR) is 101 cm³/mol. The molecule has 1 saturated carbocycles. The van der Waals surface area contributed by atoms with E-state index in [9.17, 15) is 14.4 Å². The van der Waals surface area contributed by atoms with Crippen LogP contribution in [0.5, 0.6) is 0 Å². The van der Waals surface area contributed by atoms with Gasteiger partial charge >= 0.3 is 5.97 Å². The second-order valence-electron chi connectivity index (χ2n) is 7.42. The van der Waals surface area contributed by atoms with Crippen LogP contribution in [-0.4, -0.2) is 42.3 Å². The van der Waals surface area contributed by atoms with Crippen LogP contribution < -0.4 is 0 Å². The van der Waals surface area contributed by atoms with Gasteiger partial charge in [0.2, 0.25) is 0 Å². The minimum absolute atomic E-state index is 0.0212. The van der Waals surface area contributed by atoms with E-state index in [1.54, 1.807) is 35.2 Å². The summed E-state index contributed by atoms with van der Waals surface area (Å²) in [5, 5.41) is 0. The molecule has 2 heterocycles. The maximum atomic E-state index is 13.3. The first kappa shape index (κ1) is 18.5. The molecule has 3 aliphatic rings. The molecule has 0 bridgehead atoms. The fourth-order valence-corrected chi connectivity index (χ4v) is 4.49. The van der Waals surface area contributed by atoms with Crippen molar-refractivity contribution >= 4 is 17.7 Å². The smallest absolute Gasteiger partial charge is 0.337 e. The Balaban J connectivity index is 1.75. The highest BCUT2D eigenvalue weighted by molar-refractivity contribution is 6.11. The van der Waals surface area contributed by atoms with Crippen LogP contribution in [-0.2, 0) is 19.1 Å². The minimum atomic E-state index is -0.525. The molecule has 1 amide bonds. The van der Waals surface area contributed by atoms with Crippen molar-refractivity contribution in [3.05, 3.63) is 59.4 Å². The number of rotatable bonds is 4. The number of benzene rings is 1. The van der Waals surface area contributed by atoms with Gasteiger partial charge in [-0.1, -0.05) is 24.6 Å². The standard InChI is InChI=1S/C22H23NO5/c1-3-12-23-18(13-8-10-14(11-9-13)22(26)27-2)17-19(24)15-6-4-5-7-16(15)28-20(17)21(23)25/h3,8-11,15-16,18H,1,4-7,12H2,2H3. The molecule has 1 fully saturated rings. The average molecular weight is 381 g/mol. The molecule has 0 spiro atoms. The normalized spacial score (nSPS) is 26.5. The van der Waals surface area contributed by atoms with E-state index in [1.807, 2.05) is 0 Å². The molecule has 3 atom stereocenters. The first-order chi connectivity index (χ1) is 13.6. The average Bonchev–Trinajstić information content (AvgIpc) is 3.00. The Bertz CT molecular complexity index is 869. The summed E-state index contributed by atoms with van der Waals surface area (Å²) in [5.74, 6) is -0.667. The number of esters is 1. The van der Waals surface area contributed by atoms with E-state index in [2.05, 4.69) is 6.58 Å². The van der Waals surface area contributed by atoms with Gasteiger partial charge in [-0.05, 0) is 37.0 Å². The van der Waals surface area contributed by atoms with Gasteiger partial charge in [-0.25, -0.2) is 4.79 Å². The van der Waals surface area contributed by atoms with Crippen LogP contribution in [0.15, 0.2) is 48.3 Å². The summed E-state index contributed by atoms with van der Waals surface area (Å²) in [7, 11) is 1.33. The summed E-state index contributed by atoms with van der Waals surface area (Å²) < 4.78 is 10.8. The molecule has 6 nitrogen and oxygen atoms in total. The second kappa shape index (κ2) is 7.26. The van der Waals surface area contributed by atoms with Gasteiger partial charge in [0.25, 0.3) is 5.91 Å². The van der Waals surface area contributed by atoms with Crippen LogP contribution in [0.1, 0.15) is 47.6 Å². The number of carbonyl (C=O) groups excluding carboxylic acids is 3. The van der Waals surface area contributed by atoms with Crippen molar-refractivity contribution < 1.29 is 23.9 Å². The van der Waals surface area contributed by atoms with Gasteiger partial charge in [-0.15, -0.1) is 6.58 Å². The lowest BCUT2D eigenvalue weighted by molar-refractivity contribution is -0.135. The molecule has 0 radical (unpaired) electrons. The summed E-state index contributed by atoms with van der Waals surface area (Å²) >= 11 is 0. The van der Waals surface area contributed by atoms with Crippen molar-refractivity contribution in [3.63, 3.8) is 0 Å². The quantitative estimate of drug-likeness (QED) is 0.592. The lowest BCUT2D eigenvalue weighted by Crippen LogP contribution is -2.39. The number of hydrogen-bond donors (Lipinski definition) is 0. The highest BCUT2D eigenvalue weighted by Gasteiger charge is 2.51. The molecule has 0 N–H and O–H groups in total. The maximum Gasteiger partial charge on any atom is 0.337 e. The van der Waals surface area contributed by atoms with Crippen LogP contribution in [0, 0.1) is 5.92 Å². The van der Waals surface area contributed by atoms with E-state index in [1.165, 1.54) is 7.11 Å². The monoisotopic (exact) mass is 381 g/mol. The lowest BCUT2D eigenvalue weighted by Gasteiger charge is -2.35. The zero-order valence-electron chi connectivity index (χ0n) is 15.8. The SMILES string of the molecule is C=CCN1C(=O)C2=C(C(=O)C3CCCCC3O2)C1c1ccc(C(=O)OC)cc1. The number of amides is 1. The van der Waals surface area contributed by atoms with Gasteiger partial charge in [0.05, 0.1) is 30.2 Å². The Hall–Kier alpha value is -2.89. The Morgan fingerprint density at radius 2 is 1.96 bits per heavy atom. The Morgan fingerprint density at radius 3 is 2.64 bits per heavy atom. The highest BCUT2D eigenvalue weighted by atomic mass is 16.5. The number of nitrogens with zero attached hydrogens (tertiary/aromatic N) is 1. The third kappa shape index (κ3) is 2.84. The largest absolute Gasteiger partial charge is 0.483 e. The summed E-state index contributed by atoms with van der Waals surface area (Å²) in [6.07, 6.45) is 5.06. The molecule has 4 rings (SSSR count). The van der Waals surface area contributed by atoms with Crippen molar-refractivity contribution in [3.8, 4) is 0 Å². The summed E-state index contributed by atoms with van der Waals surface area (Å²) in [6, 6.07) is 6.29. The molecule has 6 heteroatoms. The molecule has 2 aliphatic heterocycles. The first-order valence-corrected chi connectivity index (χ1v) is 9.62. The fraction of sp³-hybridized carbons (Fsp3) is 0.409.